The first-order valence-corrected chi connectivity index (χ1v) is 12.7. The average Bonchev–Trinajstić information content (AvgIpc) is 3.55. The fourth-order valence-corrected chi connectivity index (χ4v) is 5.60. The number of hydrogen-bond acceptors (Lipinski definition) is 8. The number of carbonyl (C=O) groups excluding carboxylic acids is 2. The summed E-state index contributed by atoms with van der Waals surface area (Å²) >= 11 is 0. The van der Waals surface area contributed by atoms with Crippen LogP contribution in [0.1, 0.15) is 48.9 Å². The van der Waals surface area contributed by atoms with Gasteiger partial charge in [0.1, 0.15) is 11.8 Å². The van der Waals surface area contributed by atoms with E-state index in [9.17, 15) is 9.59 Å². The molecule has 1 saturated carbocycles. The van der Waals surface area contributed by atoms with Crippen LogP contribution in [-0.2, 0) is 9.53 Å². The Bertz CT molecular complexity index is 1290. The molecule has 2 fully saturated rings. The zero-order valence-corrected chi connectivity index (χ0v) is 21.2. The lowest BCUT2D eigenvalue weighted by atomic mass is 9.85. The second-order valence-corrected chi connectivity index (χ2v) is 9.74. The Morgan fingerprint density at radius 1 is 1.14 bits per heavy atom. The van der Waals surface area contributed by atoms with Crippen molar-refractivity contribution in [3.63, 3.8) is 0 Å². The van der Waals surface area contributed by atoms with Gasteiger partial charge in [-0.05, 0) is 50.7 Å². The molecule has 0 bridgehead atoms. The van der Waals surface area contributed by atoms with Crippen molar-refractivity contribution in [3.8, 4) is 17.1 Å². The van der Waals surface area contributed by atoms with Crippen LogP contribution < -0.4 is 15.8 Å². The van der Waals surface area contributed by atoms with Gasteiger partial charge in [-0.2, -0.15) is 5.10 Å². The van der Waals surface area contributed by atoms with Crippen molar-refractivity contribution in [1.82, 2.24) is 29.8 Å². The summed E-state index contributed by atoms with van der Waals surface area (Å²) in [5, 5.41) is 7.50. The number of rotatable bonds is 7. The van der Waals surface area contributed by atoms with Crippen molar-refractivity contribution in [2.24, 2.45) is 5.92 Å². The van der Waals surface area contributed by atoms with E-state index >= 15 is 0 Å². The number of anilines is 1. The van der Waals surface area contributed by atoms with Gasteiger partial charge >= 0.3 is 0 Å². The molecule has 11 heteroatoms. The normalized spacial score (nSPS) is 21.8. The van der Waals surface area contributed by atoms with Crippen LogP contribution in [0.25, 0.3) is 16.8 Å². The SMILES string of the molecule is COC[C@H]1CCCN1C(=O)[C@H]1CC[C@@H](NC(=O)c2cc(-c3ccnc(OC)c3)n3ncnc(N)c23)CC1. The lowest BCUT2D eigenvalue weighted by Crippen LogP contribution is -2.44. The monoisotopic (exact) mass is 507 g/mol. The Morgan fingerprint density at radius 2 is 1.95 bits per heavy atom. The maximum atomic E-state index is 13.4. The highest BCUT2D eigenvalue weighted by atomic mass is 16.5. The highest BCUT2D eigenvalue weighted by Gasteiger charge is 2.35. The van der Waals surface area contributed by atoms with Crippen LogP contribution in [0.2, 0.25) is 0 Å². The van der Waals surface area contributed by atoms with Crippen LogP contribution in [0.5, 0.6) is 5.88 Å². The van der Waals surface area contributed by atoms with Crippen molar-refractivity contribution in [3.05, 3.63) is 36.3 Å². The molecule has 3 aromatic rings. The fraction of sp³-hybridized carbons (Fsp3) is 0.500. The predicted molar refractivity (Wildman–Crippen MR) is 137 cm³/mol. The van der Waals surface area contributed by atoms with E-state index in [0.717, 1.165) is 50.6 Å². The van der Waals surface area contributed by atoms with E-state index in [-0.39, 0.29) is 35.6 Å². The number of nitrogens with two attached hydrogens (primary N) is 1. The number of nitrogens with zero attached hydrogens (tertiary/aromatic N) is 5. The number of likely N-dealkylation sites (tertiary alicyclic amines) is 1. The fourth-order valence-electron chi connectivity index (χ4n) is 5.60. The zero-order valence-electron chi connectivity index (χ0n) is 21.2. The molecule has 11 nitrogen and oxygen atoms in total. The molecule has 1 aliphatic carbocycles. The summed E-state index contributed by atoms with van der Waals surface area (Å²) in [6.45, 7) is 1.39. The van der Waals surface area contributed by atoms with E-state index in [1.165, 1.54) is 6.33 Å². The molecule has 0 unspecified atom stereocenters. The Morgan fingerprint density at radius 3 is 2.70 bits per heavy atom. The van der Waals surface area contributed by atoms with Gasteiger partial charge in [-0.3, -0.25) is 9.59 Å². The molecule has 4 heterocycles. The lowest BCUT2D eigenvalue weighted by molar-refractivity contribution is -0.138. The number of methoxy groups -OCH3 is 2. The van der Waals surface area contributed by atoms with E-state index in [1.54, 1.807) is 37.1 Å². The summed E-state index contributed by atoms with van der Waals surface area (Å²) in [5.74, 6) is 0.663. The number of amides is 2. The maximum Gasteiger partial charge on any atom is 0.253 e. The van der Waals surface area contributed by atoms with Crippen molar-refractivity contribution in [2.75, 3.05) is 33.1 Å². The van der Waals surface area contributed by atoms with Crippen LogP contribution in [0.15, 0.2) is 30.7 Å². The molecule has 3 N–H and O–H groups in total. The molecule has 2 amide bonds. The van der Waals surface area contributed by atoms with Gasteiger partial charge < -0.3 is 25.4 Å². The highest BCUT2D eigenvalue weighted by molar-refractivity contribution is 6.05. The third kappa shape index (κ3) is 4.95. The van der Waals surface area contributed by atoms with Gasteiger partial charge in [0.05, 0.1) is 31.0 Å². The first kappa shape index (κ1) is 24.9. The quantitative estimate of drug-likeness (QED) is 0.497. The lowest BCUT2D eigenvalue weighted by Gasteiger charge is -2.33. The van der Waals surface area contributed by atoms with Gasteiger partial charge in [0.15, 0.2) is 5.82 Å². The molecule has 2 aliphatic rings. The molecule has 0 spiro atoms. The summed E-state index contributed by atoms with van der Waals surface area (Å²) in [6, 6.07) is 5.52. The largest absolute Gasteiger partial charge is 0.481 e. The standard InChI is InChI=1S/C26H33N7O4/c1-36-14-19-4-3-11-32(19)26(35)16-5-7-18(8-6-16)31-25(34)20-13-21(17-9-10-28-22(12-17)37-2)33-23(20)24(27)29-15-30-33/h9-10,12-13,15-16,18-19H,3-8,11,14H2,1-2H3,(H,31,34)(H2,27,29,30)/t16-,18+,19-/m1/s1. The van der Waals surface area contributed by atoms with Crippen molar-refractivity contribution in [1.29, 1.82) is 0 Å². The Hall–Kier alpha value is -3.73. The maximum absolute atomic E-state index is 13.4. The first-order chi connectivity index (χ1) is 18.0. The molecule has 1 atom stereocenters. The minimum atomic E-state index is -0.235. The summed E-state index contributed by atoms with van der Waals surface area (Å²) in [4.78, 5) is 36.8. The second-order valence-electron chi connectivity index (χ2n) is 9.74. The smallest absolute Gasteiger partial charge is 0.253 e. The number of carbonyl (C=O) groups is 2. The molecule has 0 aromatic carbocycles. The zero-order chi connectivity index (χ0) is 25.9. The van der Waals surface area contributed by atoms with Crippen LogP contribution in [-0.4, -0.2) is 75.8 Å². The Balaban J connectivity index is 1.29. The average molecular weight is 508 g/mol. The van der Waals surface area contributed by atoms with Gasteiger partial charge in [-0.15, -0.1) is 0 Å². The number of pyridine rings is 1. The minimum Gasteiger partial charge on any atom is -0.481 e. The molecule has 0 radical (unpaired) electrons. The summed E-state index contributed by atoms with van der Waals surface area (Å²) < 4.78 is 12.2. The van der Waals surface area contributed by atoms with E-state index in [2.05, 4.69) is 20.4 Å². The summed E-state index contributed by atoms with van der Waals surface area (Å²) in [7, 11) is 3.23. The Kier molecular flexibility index (Phi) is 7.22. The van der Waals surface area contributed by atoms with E-state index in [4.69, 9.17) is 15.2 Å². The topological polar surface area (TPSA) is 137 Å². The minimum absolute atomic E-state index is 0.00163. The van der Waals surface area contributed by atoms with Crippen LogP contribution in [0, 0.1) is 5.92 Å². The molecule has 1 aliphatic heterocycles. The number of fused-ring (bicyclic) bond motifs is 1. The second kappa shape index (κ2) is 10.7. The molecule has 37 heavy (non-hydrogen) atoms. The van der Waals surface area contributed by atoms with E-state index < -0.39 is 0 Å². The van der Waals surface area contributed by atoms with E-state index in [1.807, 2.05) is 11.0 Å². The third-order valence-corrected chi connectivity index (χ3v) is 7.50. The van der Waals surface area contributed by atoms with Gasteiger partial charge in [-0.1, -0.05) is 0 Å². The van der Waals surface area contributed by atoms with Crippen molar-refractivity contribution in [2.45, 2.75) is 50.6 Å². The number of aromatic nitrogens is 4. The number of ether oxygens (including phenoxy) is 2. The third-order valence-electron chi connectivity index (χ3n) is 7.50. The van der Waals surface area contributed by atoms with Crippen LogP contribution in [0.4, 0.5) is 5.82 Å². The van der Waals surface area contributed by atoms with Crippen LogP contribution >= 0.6 is 0 Å². The number of hydrogen-bond donors (Lipinski definition) is 2. The van der Waals surface area contributed by atoms with Crippen LogP contribution in [0.3, 0.4) is 0 Å². The molecule has 1 saturated heterocycles. The molecule has 5 rings (SSSR count). The number of nitrogens with one attached hydrogen (secondary N) is 1. The summed E-state index contributed by atoms with van der Waals surface area (Å²) in [5.41, 5.74) is 8.50. The molecular formula is C26H33N7O4. The first-order valence-electron chi connectivity index (χ1n) is 12.7. The van der Waals surface area contributed by atoms with Gasteiger partial charge in [-0.25, -0.2) is 14.5 Å². The van der Waals surface area contributed by atoms with Gasteiger partial charge in [0.25, 0.3) is 5.91 Å². The summed E-state index contributed by atoms with van der Waals surface area (Å²) in [6.07, 6.45) is 8.02. The molecular weight excluding hydrogens is 474 g/mol. The highest BCUT2D eigenvalue weighted by Crippen LogP contribution is 2.31. The molecule has 3 aromatic heterocycles. The molecule has 196 valence electrons. The Labute approximate surface area is 215 Å². The van der Waals surface area contributed by atoms with Gasteiger partial charge in [0, 0.05) is 43.4 Å². The number of nitrogen functional groups attached to an aromatic ring is 1. The van der Waals surface area contributed by atoms with Crippen molar-refractivity contribution < 1.29 is 19.1 Å². The van der Waals surface area contributed by atoms with E-state index in [0.29, 0.717) is 29.3 Å². The predicted octanol–water partition coefficient (Wildman–Crippen LogP) is 2.31. The van der Waals surface area contributed by atoms with Crippen molar-refractivity contribution >= 4 is 23.1 Å². The van der Waals surface area contributed by atoms with Gasteiger partial charge in [0.2, 0.25) is 11.8 Å².